The van der Waals surface area contributed by atoms with Crippen LogP contribution < -0.4 is 0 Å². The molecule has 0 atom stereocenters. The van der Waals surface area contributed by atoms with Gasteiger partial charge in [0.05, 0.1) is 26.4 Å². The average molecular weight is 174 g/mol. The lowest BCUT2D eigenvalue weighted by molar-refractivity contribution is -0.169. The van der Waals surface area contributed by atoms with Crippen molar-refractivity contribution < 1.29 is 23.7 Å². The molecule has 0 spiro atoms. The number of ketones is 1. The number of hydrogen-bond acceptors (Lipinski definition) is 5. The zero-order chi connectivity index (χ0) is 8.39. The molecule has 12 heavy (non-hydrogen) atoms. The molecule has 2 aliphatic heterocycles. The van der Waals surface area contributed by atoms with Crippen molar-refractivity contribution in [3.8, 4) is 0 Å². The summed E-state index contributed by atoms with van der Waals surface area (Å²) in [6, 6.07) is 0. The monoisotopic (exact) mass is 174 g/mol. The Kier molecular flexibility index (Phi) is 2.36. The topological polar surface area (TPSA) is 54.0 Å². The molecule has 2 heterocycles. The van der Waals surface area contributed by atoms with E-state index in [1.165, 1.54) is 0 Å². The molecule has 0 bridgehead atoms. The van der Waals surface area contributed by atoms with Crippen LogP contribution in [0.15, 0.2) is 0 Å². The van der Waals surface area contributed by atoms with Crippen molar-refractivity contribution in [1.29, 1.82) is 0 Å². The first-order chi connectivity index (χ1) is 5.88. The summed E-state index contributed by atoms with van der Waals surface area (Å²) in [5.74, 6) is -0.273. The number of carbonyl (C=O) groups is 1. The molecule has 2 rings (SSSR count). The molecule has 0 radical (unpaired) electrons. The van der Waals surface area contributed by atoms with Crippen molar-refractivity contribution in [2.45, 2.75) is 12.6 Å². The molecule has 2 fully saturated rings. The fraction of sp³-hybridized carbons (Fsp3) is 0.857. The highest BCUT2D eigenvalue weighted by molar-refractivity contribution is 5.85. The van der Waals surface area contributed by atoms with Crippen LogP contribution in [0.2, 0.25) is 0 Å². The van der Waals surface area contributed by atoms with Gasteiger partial charge < -0.3 is 18.9 Å². The first-order valence-corrected chi connectivity index (χ1v) is 3.88. The van der Waals surface area contributed by atoms with E-state index in [2.05, 4.69) is 0 Å². The first-order valence-electron chi connectivity index (χ1n) is 3.88. The lowest BCUT2D eigenvalue weighted by Gasteiger charge is -2.11. The number of carbonyl (C=O) groups excluding carboxylic acids is 1. The maximum absolute atomic E-state index is 11.3. The third kappa shape index (κ3) is 1.49. The van der Waals surface area contributed by atoms with E-state index in [1.54, 1.807) is 0 Å². The molecule has 2 aliphatic rings. The normalized spacial score (nSPS) is 26.7. The second-order valence-electron chi connectivity index (χ2n) is 2.55. The number of Topliss-reactive ketones (excluding diaryl/α,β-unsaturated/α-hetero) is 1. The second-order valence-corrected chi connectivity index (χ2v) is 2.55. The summed E-state index contributed by atoms with van der Waals surface area (Å²) in [5.41, 5.74) is 0. The van der Waals surface area contributed by atoms with Gasteiger partial charge in [-0.2, -0.15) is 0 Å². The lowest BCUT2D eigenvalue weighted by Crippen LogP contribution is -2.33. The molecule has 0 N–H and O–H groups in total. The van der Waals surface area contributed by atoms with Crippen LogP contribution in [0, 0.1) is 0 Å². The zero-order valence-corrected chi connectivity index (χ0v) is 6.52. The predicted molar refractivity (Wildman–Crippen MR) is 36.4 cm³/mol. The molecular weight excluding hydrogens is 164 g/mol. The molecular formula is C7H10O5. The van der Waals surface area contributed by atoms with E-state index in [0.29, 0.717) is 26.4 Å². The second kappa shape index (κ2) is 3.49. The smallest absolute Gasteiger partial charge is 0.244 e. The fourth-order valence-electron chi connectivity index (χ4n) is 1.16. The number of ether oxygens (including phenoxy) is 4. The van der Waals surface area contributed by atoms with E-state index in [9.17, 15) is 4.79 Å². The molecule has 0 unspecified atom stereocenters. The minimum absolute atomic E-state index is 0.273. The Morgan fingerprint density at radius 3 is 1.50 bits per heavy atom. The number of hydrogen-bond donors (Lipinski definition) is 0. The van der Waals surface area contributed by atoms with Crippen molar-refractivity contribution in [3.05, 3.63) is 0 Å². The van der Waals surface area contributed by atoms with Gasteiger partial charge in [-0.15, -0.1) is 0 Å². The molecule has 5 nitrogen and oxygen atoms in total. The zero-order valence-electron chi connectivity index (χ0n) is 6.52. The third-order valence-corrected chi connectivity index (χ3v) is 1.71. The first kappa shape index (κ1) is 8.12. The van der Waals surface area contributed by atoms with Crippen LogP contribution in [-0.2, 0) is 23.7 Å². The van der Waals surface area contributed by atoms with Gasteiger partial charge in [0.1, 0.15) is 0 Å². The fourth-order valence-corrected chi connectivity index (χ4v) is 1.16. The third-order valence-electron chi connectivity index (χ3n) is 1.71. The highest BCUT2D eigenvalue weighted by Gasteiger charge is 2.34. The minimum Gasteiger partial charge on any atom is -0.343 e. The van der Waals surface area contributed by atoms with E-state index in [4.69, 9.17) is 18.9 Å². The summed E-state index contributed by atoms with van der Waals surface area (Å²) in [7, 11) is 0. The average Bonchev–Trinajstić information content (AvgIpc) is 2.77. The van der Waals surface area contributed by atoms with Crippen LogP contribution in [0.3, 0.4) is 0 Å². The van der Waals surface area contributed by atoms with E-state index in [1.807, 2.05) is 0 Å². The quantitative estimate of drug-likeness (QED) is 0.554. The van der Waals surface area contributed by atoms with Gasteiger partial charge >= 0.3 is 0 Å². The highest BCUT2D eigenvalue weighted by atomic mass is 16.7. The molecule has 0 amide bonds. The van der Waals surface area contributed by atoms with E-state index < -0.39 is 12.6 Å². The molecule has 0 aromatic heterocycles. The molecule has 0 aliphatic carbocycles. The standard InChI is InChI=1S/C7H10O5/c8-5(6-9-1-2-10-6)7-11-3-4-12-7/h6-7H,1-4H2. The van der Waals surface area contributed by atoms with Gasteiger partial charge in [-0.1, -0.05) is 0 Å². The van der Waals surface area contributed by atoms with Gasteiger partial charge in [-0.05, 0) is 0 Å². The van der Waals surface area contributed by atoms with E-state index in [-0.39, 0.29) is 5.78 Å². The lowest BCUT2D eigenvalue weighted by atomic mass is 10.4. The van der Waals surface area contributed by atoms with E-state index >= 15 is 0 Å². The summed E-state index contributed by atoms with van der Waals surface area (Å²) in [4.78, 5) is 11.3. The molecule has 0 saturated carbocycles. The molecule has 68 valence electrons. The molecule has 2 saturated heterocycles. The van der Waals surface area contributed by atoms with E-state index in [0.717, 1.165) is 0 Å². The maximum atomic E-state index is 11.3. The Labute approximate surface area is 69.5 Å². The maximum Gasteiger partial charge on any atom is 0.244 e. The summed E-state index contributed by atoms with van der Waals surface area (Å²) >= 11 is 0. The summed E-state index contributed by atoms with van der Waals surface area (Å²) in [5, 5.41) is 0. The van der Waals surface area contributed by atoms with Crippen molar-refractivity contribution in [1.82, 2.24) is 0 Å². The van der Waals surface area contributed by atoms with Crippen molar-refractivity contribution in [2.75, 3.05) is 26.4 Å². The van der Waals surface area contributed by atoms with Gasteiger partial charge in [0.25, 0.3) is 0 Å². The highest BCUT2D eigenvalue weighted by Crippen LogP contribution is 2.12. The van der Waals surface area contributed by atoms with Crippen LogP contribution in [0.5, 0.6) is 0 Å². The molecule has 5 heteroatoms. The van der Waals surface area contributed by atoms with Crippen LogP contribution in [-0.4, -0.2) is 44.8 Å². The van der Waals surface area contributed by atoms with Crippen molar-refractivity contribution in [3.63, 3.8) is 0 Å². The Morgan fingerprint density at radius 2 is 1.17 bits per heavy atom. The Hall–Kier alpha value is -0.490. The molecule has 0 aromatic carbocycles. The Bertz CT molecular complexity index is 151. The number of rotatable bonds is 2. The van der Waals surface area contributed by atoms with Gasteiger partial charge in [0.15, 0.2) is 0 Å². The van der Waals surface area contributed by atoms with Crippen molar-refractivity contribution in [2.24, 2.45) is 0 Å². The minimum atomic E-state index is -0.784. The Morgan fingerprint density at radius 1 is 0.833 bits per heavy atom. The van der Waals surface area contributed by atoms with Gasteiger partial charge in [0.2, 0.25) is 18.4 Å². The van der Waals surface area contributed by atoms with Crippen LogP contribution in [0.4, 0.5) is 0 Å². The van der Waals surface area contributed by atoms with Gasteiger partial charge in [0, 0.05) is 0 Å². The molecule has 0 aromatic rings. The SMILES string of the molecule is O=C(C1OCCO1)C1OCCO1. The van der Waals surface area contributed by atoms with Crippen molar-refractivity contribution >= 4 is 5.78 Å². The summed E-state index contributed by atoms with van der Waals surface area (Å²) in [6.45, 7) is 1.85. The van der Waals surface area contributed by atoms with Crippen LogP contribution >= 0.6 is 0 Å². The Balaban J connectivity index is 1.89. The van der Waals surface area contributed by atoms with Gasteiger partial charge in [-0.3, -0.25) is 4.79 Å². The van der Waals surface area contributed by atoms with Crippen LogP contribution in [0.1, 0.15) is 0 Å². The van der Waals surface area contributed by atoms with Crippen LogP contribution in [0.25, 0.3) is 0 Å². The summed E-state index contributed by atoms with van der Waals surface area (Å²) in [6.07, 6.45) is -1.57. The predicted octanol–water partition coefficient (Wildman–Crippen LogP) is -0.699. The van der Waals surface area contributed by atoms with Gasteiger partial charge in [-0.25, -0.2) is 0 Å². The largest absolute Gasteiger partial charge is 0.343 e. The summed E-state index contributed by atoms with van der Waals surface area (Å²) < 4.78 is 20.0.